The van der Waals surface area contributed by atoms with Crippen LogP contribution >= 0.6 is 11.8 Å². The molecule has 0 spiro atoms. The van der Waals surface area contributed by atoms with E-state index in [1.807, 2.05) is 0 Å². The van der Waals surface area contributed by atoms with Crippen LogP contribution in [0.3, 0.4) is 0 Å². The molecule has 2 aliphatic rings. The predicted molar refractivity (Wildman–Crippen MR) is 109 cm³/mol. The van der Waals surface area contributed by atoms with Gasteiger partial charge in [0.2, 0.25) is 5.91 Å². The van der Waals surface area contributed by atoms with E-state index in [9.17, 15) is 9.59 Å². The molecule has 1 amide bonds. The van der Waals surface area contributed by atoms with Gasteiger partial charge in [-0.2, -0.15) is 4.98 Å². The highest BCUT2D eigenvalue weighted by Crippen LogP contribution is 2.33. The molecule has 0 bridgehead atoms. The Balaban J connectivity index is 1.42. The summed E-state index contributed by atoms with van der Waals surface area (Å²) in [4.78, 5) is 29.0. The zero-order valence-corrected chi connectivity index (χ0v) is 16.8. The number of anilines is 1. The van der Waals surface area contributed by atoms with Crippen LogP contribution in [0.5, 0.6) is 11.5 Å². The number of ether oxygens (including phenoxy) is 2. The van der Waals surface area contributed by atoms with Crippen LogP contribution in [0.15, 0.2) is 28.0 Å². The number of rotatable bonds is 7. The monoisotopic (exact) mass is 417 g/mol. The van der Waals surface area contributed by atoms with Crippen LogP contribution in [0, 0.1) is 0 Å². The number of aliphatic hydroxyl groups is 1. The van der Waals surface area contributed by atoms with E-state index in [-0.39, 0.29) is 24.0 Å². The molecular formula is C20H23N3O5S. The average molecular weight is 417 g/mol. The first-order chi connectivity index (χ1) is 14.2. The van der Waals surface area contributed by atoms with Gasteiger partial charge in [0.05, 0.1) is 5.75 Å². The Labute approximate surface area is 172 Å². The molecule has 1 aromatic carbocycles. The van der Waals surface area contributed by atoms with Crippen LogP contribution < -0.4 is 20.5 Å². The molecule has 8 nitrogen and oxygen atoms in total. The second-order valence-corrected chi connectivity index (χ2v) is 7.87. The van der Waals surface area contributed by atoms with Gasteiger partial charge in [-0.25, -0.2) is 4.79 Å². The minimum absolute atomic E-state index is 0.0394. The number of thioether (sulfide) groups is 1. The third kappa shape index (κ3) is 4.40. The van der Waals surface area contributed by atoms with Crippen molar-refractivity contribution < 1.29 is 19.4 Å². The van der Waals surface area contributed by atoms with Gasteiger partial charge >= 0.3 is 5.69 Å². The number of aliphatic hydroxyl groups excluding tert-OH is 1. The molecule has 0 fully saturated rings. The van der Waals surface area contributed by atoms with Crippen LogP contribution in [-0.4, -0.2) is 46.1 Å². The van der Waals surface area contributed by atoms with Gasteiger partial charge in [-0.05, 0) is 37.8 Å². The second kappa shape index (κ2) is 8.87. The fraction of sp³-hybridized carbons (Fsp3) is 0.450. The number of hydrogen-bond acceptors (Lipinski definition) is 7. The number of benzene rings is 1. The van der Waals surface area contributed by atoms with Gasteiger partial charge in [0.1, 0.15) is 18.2 Å². The Morgan fingerprint density at radius 1 is 1.24 bits per heavy atom. The molecule has 4 rings (SSSR count). The molecular weight excluding hydrogens is 394 g/mol. The van der Waals surface area contributed by atoms with Gasteiger partial charge in [0.15, 0.2) is 11.5 Å². The maximum Gasteiger partial charge on any atom is 0.348 e. The largest absolute Gasteiger partial charge is 0.486 e. The van der Waals surface area contributed by atoms with E-state index in [4.69, 9.17) is 14.6 Å². The van der Waals surface area contributed by atoms with Crippen molar-refractivity contribution in [2.75, 3.05) is 30.9 Å². The number of amides is 1. The molecule has 0 saturated carbocycles. The fourth-order valence-corrected chi connectivity index (χ4v) is 4.49. The minimum Gasteiger partial charge on any atom is -0.486 e. The van der Waals surface area contributed by atoms with Crippen molar-refractivity contribution in [2.24, 2.45) is 0 Å². The minimum atomic E-state index is -0.311. The van der Waals surface area contributed by atoms with Crippen molar-refractivity contribution in [3.63, 3.8) is 0 Å². The SMILES string of the molecule is O=C(CSc1nc(=O)n(CCCO)c2c1CCC2)Nc1ccc2c(c1)OCCO2. The van der Waals surface area contributed by atoms with E-state index in [0.29, 0.717) is 48.4 Å². The quantitative estimate of drug-likeness (QED) is 0.521. The van der Waals surface area contributed by atoms with Crippen molar-refractivity contribution in [3.8, 4) is 11.5 Å². The number of fused-ring (bicyclic) bond motifs is 2. The summed E-state index contributed by atoms with van der Waals surface area (Å²) in [5.74, 6) is 1.27. The average Bonchev–Trinajstić information content (AvgIpc) is 3.21. The summed E-state index contributed by atoms with van der Waals surface area (Å²) in [6, 6.07) is 5.29. The smallest absolute Gasteiger partial charge is 0.348 e. The van der Waals surface area contributed by atoms with Gasteiger partial charge in [-0.1, -0.05) is 11.8 Å². The van der Waals surface area contributed by atoms with Crippen LogP contribution in [0.25, 0.3) is 0 Å². The highest BCUT2D eigenvalue weighted by Gasteiger charge is 2.22. The molecule has 1 aliphatic heterocycles. The van der Waals surface area contributed by atoms with E-state index in [1.54, 1.807) is 22.8 Å². The standard InChI is InChI=1S/C20H23N3O5S/c24-8-2-7-23-15-4-1-3-14(15)19(22-20(23)26)29-12-18(25)21-13-5-6-16-17(11-13)28-10-9-27-16/h5-6,11,24H,1-4,7-10,12H2,(H,21,25). The molecule has 29 heavy (non-hydrogen) atoms. The fourth-order valence-electron chi connectivity index (χ4n) is 3.62. The highest BCUT2D eigenvalue weighted by atomic mass is 32.2. The normalized spacial score (nSPS) is 14.5. The van der Waals surface area contributed by atoms with Crippen LogP contribution in [0.1, 0.15) is 24.1 Å². The van der Waals surface area contributed by atoms with E-state index < -0.39 is 0 Å². The van der Waals surface area contributed by atoms with Crippen molar-refractivity contribution in [2.45, 2.75) is 37.3 Å². The Morgan fingerprint density at radius 2 is 2.07 bits per heavy atom. The Hall–Kier alpha value is -2.52. The van der Waals surface area contributed by atoms with Crippen LogP contribution in [0.2, 0.25) is 0 Å². The van der Waals surface area contributed by atoms with E-state index >= 15 is 0 Å². The topological polar surface area (TPSA) is 103 Å². The summed E-state index contributed by atoms with van der Waals surface area (Å²) < 4.78 is 12.7. The lowest BCUT2D eigenvalue weighted by atomic mass is 10.2. The lowest BCUT2D eigenvalue weighted by Gasteiger charge is -2.19. The number of aromatic nitrogens is 2. The molecule has 2 heterocycles. The summed E-state index contributed by atoms with van der Waals surface area (Å²) in [5, 5.41) is 12.5. The zero-order valence-electron chi connectivity index (χ0n) is 16.0. The van der Waals surface area contributed by atoms with Crippen LogP contribution in [-0.2, 0) is 24.2 Å². The van der Waals surface area contributed by atoms with Crippen molar-refractivity contribution >= 4 is 23.4 Å². The zero-order chi connectivity index (χ0) is 20.2. The molecule has 1 aromatic heterocycles. The van der Waals surface area contributed by atoms with Gasteiger partial charge in [0.25, 0.3) is 0 Å². The van der Waals surface area contributed by atoms with Crippen molar-refractivity contribution in [1.82, 2.24) is 9.55 Å². The third-order valence-electron chi connectivity index (χ3n) is 4.91. The molecule has 0 atom stereocenters. The number of carbonyl (C=O) groups is 1. The number of nitrogens with one attached hydrogen (secondary N) is 1. The second-order valence-electron chi connectivity index (χ2n) is 6.90. The highest BCUT2D eigenvalue weighted by molar-refractivity contribution is 8.00. The Bertz CT molecular complexity index is 975. The summed E-state index contributed by atoms with van der Waals surface area (Å²) >= 11 is 1.29. The lowest BCUT2D eigenvalue weighted by Crippen LogP contribution is -2.28. The van der Waals surface area contributed by atoms with Crippen molar-refractivity contribution in [3.05, 3.63) is 39.9 Å². The summed E-state index contributed by atoms with van der Waals surface area (Å²) in [7, 11) is 0. The molecule has 1 aliphatic carbocycles. The summed E-state index contributed by atoms with van der Waals surface area (Å²) in [6.45, 7) is 1.52. The van der Waals surface area contributed by atoms with Gasteiger partial charge in [-0.15, -0.1) is 0 Å². The molecule has 0 radical (unpaired) electrons. The van der Waals surface area contributed by atoms with Gasteiger partial charge < -0.3 is 19.9 Å². The molecule has 2 aromatic rings. The van der Waals surface area contributed by atoms with Crippen LogP contribution in [0.4, 0.5) is 5.69 Å². The number of carbonyl (C=O) groups excluding carboxylic acids is 1. The predicted octanol–water partition coefficient (Wildman–Crippen LogP) is 1.62. The van der Waals surface area contributed by atoms with E-state index in [1.165, 1.54) is 11.8 Å². The molecule has 2 N–H and O–H groups in total. The summed E-state index contributed by atoms with van der Waals surface area (Å²) in [5.41, 5.74) is 2.37. The number of nitrogens with zero attached hydrogens (tertiary/aromatic N) is 2. The number of hydrogen-bond donors (Lipinski definition) is 2. The Kier molecular flexibility index (Phi) is 6.05. The van der Waals surface area contributed by atoms with Gasteiger partial charge in [0, 0.05) is 36.2 Å². The first-order valence-corrected chi connectivity index (χ1v) is 10.7. The third-order valence-corrected chi connectivity index (χ3v) is 5.92. The molecule has 0 unspecified atom stereocenters. The lowest BCUT2D eigenvalue weighted by molar-refractivity contribution is -0.113. The Morgan fingerprint density at radius 3 is 2.90 bits per heavy atom. The van der Waals surface area contributed by atoms with Crippen molar-refractivity contribution in [1.29, 1.82) is 0 Å². The summed E-state index contributed by atoms with van der Waals surface area (Å²) in [6.07, 6.45) is 3.18. The van der Waals surface area contributed by atoms with E-state index in [0.717, 1.165) is 30.5 Å². The van der Waals surface area contributed by atoms with E-state index in [2.05, 4.69) is 10.3 Å². The first kappa shape index (κ1) is 19.8. The maximum atomic E-state index is 12.4. The molecule has 154 valence electrons. The van der Waals surface area contributed by atoms with Gasteiger partial charge in [-0.3, -0.25) is 9.36 Å². The first-order valence-electron chi connectivity index (χ1n) is 9.71. The molecule has 0 saturated heterocycles. The molecule has 9 heteroatoms. The maximum absolute atomic E-state index is 12.4.